The highest BCUT2D eigenvalue weighted by atomic mass is 79.9. The van der Waals surface area contributed by atoms with Crippen LogP contribution in [0.3, 0.4) is 0 Å². The summed E-state index contributed by atoms with van der Waals surface area (Å²) < 4.78 is 31.0. The van der Waals surface area contributed by atoms with Gasteiger partial charge in [0.2, 0.25) is 15.4 Å². The van der Waals surface area contributed by atoms with Crippen LogP contribution in [0.15, 0.2) is 4.34 Å². The minimum atomic E-state index is -3.70. The zero-order valence-electron chi connectivity index (χ0n) is 10.9. The number of nitrogens with zero attached hydrogens (tertiary/aromatic N) is 2. The Morgan fingerprint density at radius 1 is 1.50 bits per heavy atom. The molecule has 0 saturated carbocycles. The van der Waals surface area contributed by atoms with Crippen LogP contribution in [-0.2, 0) is 19.6 Å². The summed E-state index contributed by atoms with van der Waals surface area (Å²) in [4.78, 5) is 10.9. The molecule has 0 aromatic carbocycles. The van der Waals surface area contributed by atoms with E-state index in [4.69, 9.17) is 4.74 Å². The third-order valence-electron chi connectivity index (χ3n) is 2.02. The van der Waals surface area contributed by atoms with Gasteiger partial charge < -0.3 is 10.1 Å². The smallest absolute Gasteiger partial charge is 0.269 e. The van der Waals surface area contributed by atoms with E-state index in [2.05, 4.69) is 36.2 Å². The van der Waals surface area contributed by atoms with Crippen LogP contribution in [0.25, 0.3) is 0 Å². The number of rotatable bonds is 8. The van der Waals surface area contributed by atoms with E-state index in [1.807, 2.05) is 0 Å². The zero-order valence-corrected chi connectivity index (χ0v) is 14.1. The van der Waals surface area contributed by atoms with Crippen molar-refractivity contribution in [2.75, 3.05) is 25.6 Å². The van der Waals surface area contributed by atoms with Gasteiger partial charge in [-0.15, -0.1) is 10.2 Å². The molecule has 114 valence electrons. The van der Waals surface area contributed by atoms with Gasteiger partial charge in [0, 0.05) is 25.4 Å². The van der Waals surface area contributed by atoms with E-state index in [9.17, 15) is 13.2 Å². The molecule has 11 heteroatoms. The van der Waals surface area contributed by atoms with E-state index in [1.165, 1.54) is 6.92 Å². The van der Waals surface area contributed by atoms with Crippen LogP contribution in [0.2, 0.25) is 0 Å². The number of alkyl halides is 1. The molecule has 1 heterocycles. The number of sulfonamides is 1. The van der Waals surface area contributed by atoms with Crippen LogP contribution in [0, 0.1) is 0 Å². The van der Waals surface area contributed by atoms with Gasteiger partial charge in [0.15, 0.2) is 0 Å². The number of aromatic nitrogens is 2. The summed E-state index contributed by atoms with van der Waals surface area (Å²) in [7, 11) is -2.13. The number of hydrogen-bond donors (Lipinski definition) is 2. The molecule has 0 aliphatic carbocycles. The summed E-state index contributed by atoms with van der Waals surface area (Å²) >= 11 is 4.16. The first-order valence-electron chi connectivity index (χ1n) is 5.59. The van der Waals surface area contributed by atoms with Gasteiger partial charge in [0.25, 0.3) is 10.0 Å². The molecule has 20 heavy (non-hydrogen) atoms. The normalized spacial score (nSPS) is 13.2. The van der Waals surface area contributed by atoms with Crippen molar-refractivity contribution in [1.29, 1.82) is 0 Å². The minimum Gasteiger partial charge on any atom is -0.384 e. The van der Waals surface area contributed by atoms with Crippen molar-refractivity contribution in [1.82, 2.24) is 14.9 Å². The number of methoxy groups -OCH3 is 1. The monoisotopic (exact) mass is 386 g/mol. The van der Waals surface area contributed by atoms with Crippen molar-refractivity contribution in [3.05, 3.63) is 0 Å². The molecule has 0 aliphatic rings. The second kappa shape index (κ2) is 7.98. The van der Waals surface area contributed by atoms with Crippen LogP contribution in [0.5, 0.6) is 0 Å². The SMILES string of the molecule is COCC(Br)CCNS(=O)(=O)c1nnc(NC(C)=O)s1. The molecule has 0 radical (unpaired) electrons. The number of halogens is 1. The Morgan fingerprint density at radius 3 is 2.80 bits per heavy atom. The van der Waals surface area contributed by atoms with Crippen molar-refractivity contribution in [2.45, 2.75) is 22.5 Å². The van der Waals surface area contributed by atoms with E-state index < -0.39 is 10.0 Å². The van der Waals surface area contributed by atoms with E-state index in [-0.39, 0.29) is 26.8 Å². The molecule has 0 saturated heterocycles. The second-order valence-electron chi connectivity index (χ2n) is 3.79. The zero-order chi connectivity index (χ0) is 15.2. The van der Waals surface area contributed by atoms with Gasteiger partial charge in [-0.05, 0) is 6.42 Å². The molecule has 2 N–H and O–H groups in total. The Morgan fingerprint density at radius 2 is 2.20 bits per heavy atom. The lowest BCUT2D eigenvalue weighted by Gasteiger charge is -2.08. The molecule has 1 amide bonds. The third-order valence-corrected chi connectivity index (χ3v) is 5.41. The first-order chi connectivity index (χ1) is 9.35. The summed E-state index contributed by atoms with van der Waals surface area (Å²) in [6.07, 6.45) is 0.574. The largest absolute Gasteiger partial charge is 0.384 e. The van der Waals surface area contributed by atoms with Crippen LogP contribution in [0.1, 0.15) is 13.3 Å². The molecule has 1 atom stereocenters. The van der Waals surface area contributed by atoms with E-state index in [0.29, 0.717) is 13.0 Å². The molecule has 0 aliphatic heterocycles. The van der Waals surface area contributed by atoms with Gasteiger partial charge in [0.1, 0.15) is 0 Å². The lowest BCUT2D eigenvalue weighted by atomic mass is 10.3. The number of carbonyl (C=O) groups excluding carboxylic acids is 1. The molecule has 0 spiro atoms. The highest BCUT2D eigenvalue weighted by Gasteiger charge is 2.20. The number of ether oxygens (including phenoxy) is 1. The highest BCUT2D eigenvalue weighted by molar-refractivity contribution is 9.09. The Hall–Kier alpha value is -0.620. The fraction of sp³-hybridized carbons (Fsp3) is 0.667. The minimum absolute atomic E-state index is 0.0690. The van der Waals surface area contributed by atoms with Crippen LogP contribution in [0.4, 0.5) is 5.13 Å². The summed E-state index contributed by atoms with van der Waals surface area (Å²) in [5.74, 6) is -0.334. The van der Waals surface area contributed by atoms with E-state index >= 15 is 0 Å². The lowest BCUT2D eigenvalue weighted by molar-refractivity contribution is -0.114. The number of hydrogen-bond acceptors (Lipinski definition) is 7. The number of anilines is 1. The van der Waals surface area contributed by atoms with Gasteiger partial charge in [-0.3, -0.25) is 4.79 Å². The summed E-state index contributed by atoms with van der Waals surface area (Å²) in [6, 6.07) is 0. The summed E-state index contributed by atoms with van der Waals surface area (Å²) in [5, 5.41) is 9.65. The maximum Gasteiger partial charge on any atom is 0.269 e. The molecular formula is C9H15BrN4O4S2. The fourth-order valence-electron chi connectivity index (χ4n) is 1.20. The fourth-order valence-corrected chi connectivity index (χ4v) is 3.72. The maximum atomic E-state index is 11.9. The van der Waals surface area contributed by atoms with Crippen LogP contribution < -0.4 is 10.0 Å². The Balaban J connectivity index is 2.56. The Bertz CT molecular complexity index is 548. The van der Waals surface area contributed by atoms with Gasteiger partial charge in [-0.2, -0.15) is 0 Å². The maximum absolute atomic E-state index is 11.9. The van der Waals surface area contributed by atoms with Crippen molar-refractivity contribution in [2.24, 2.45) is 0 Å². The lowest BCUT2D eigenvalue weighted by Crippen LogP contribution is -2.27. The second-order valence-corrected chi connectivity index (χ2v) is 8.01. The molecule has 1 aromatic heterocycles. The first-order valence-corrected chi connectivity index (χ1v) is 8.80. The molecule has 1 aromatic rings. The molecule has 1 unspecified atom stereocenters. The van der Waals surface area contributed by atoms with Crippen molar-refractivity contribution >= 4 is 48.3 Å². The van der Waals surface area contributed by atoms with E-state index in [0.717, 1.165) is 11.3 Å². The standard InChI is InChI=1S/C9H15BrN4O4S2/c1-6(15)12-8-13-14-9(19-8)20(16,17)11-4-3-7(10)5-18-2/h7,11H,3-5H2,1-2H3,(H,12,13,15). The van der Waals surface area contributed by atoms with Gasteiger partial charge in [0.05, 0.1) is 6.61 Å². The Labute approximate surface area is 129 Å². The van der Waals surface area contributed by atoms with Gasteiger partial charge >= 0.3 is 0 Å². The van der Waals surface area contributed by atoms with Crippen LogP contribution in [-0.4, -0.2) is 49.6 Å². The predicted octanol–water partition coefficient (Wildman–Crippen LogP) is 0.575. The van der Waals surface area contributed by atoms with Crippen molar-refractivity contribution in [3.8, 4) is 0 Å². The molecule has 8 nitrogen and oxygen atoms in total. The predicted molar refractivity (Wildman–Crippen MR) is 78.6 cm³/mol. The summed E-state index contributed by atoms with van der Waals surface area (Å²) in [5.41, 5.74) is 0. The molecule has 1 rings (SSSR count). The van der Waals surface area contributed by atoms with Gasteiger partial charge in [-0.1, -0.05) is 27.3 Å². The van der Waals surface area contributed by atoms with Crippen molar-refractivity contribution in [3.63, 3.8) is 0 Å². The summed E-state index contributed by atoms with van der Waals surface area (Å²) in [6.45, 7) is 2.05. The van der Waals surface area contributed by atoms with Gasteiger partial charge in [-0.25, -0.2) is 13.1 Å². The topological polar surface area (TPSA) is 110 Å². The Kier molecular flexibility index (Phi) is 6.95. The number of amides is 1. The third kappa shape index (κ3) is 5.79. The van der Waals surface area contributed by atoms with Crippen LogP contribution >= 0.6 is 27.3 Å². The molecule has 0 fully saturated rings. The quantitative estimate of drug-likeness (QED) is 0.499. The van der Waals surface area contributed by atoms with Crippen molar-refractivity contribution < 1.29 is 17.9 Å². The highest BCUT2D eigenvalue weighted by Crippen LogP contribution is 2.19. The van der Waals surface area contributed by atoms with E-state index in [1.54, 1.807) is 7.11 Å². The average molecular weight is 387 g/mol. The average Bonchev–Trinajstić information content (AvgIpc) is 2.77. The number of carbonyl (C=O) groups is 1. The first kappa shape index (κ1) is 17.4. The molecule has 0 bridgehead atoms. The number of nitrogens with one attached hydrogen (secondary N) is 2. The molecular weight excluding hydrogens is 372 g/mol.